The van der Waals surface area contributed by atoms with E-state index in [1.54, 1.807) is 0 Å². The van der Waals surface area contributed by atoms with Crippen molar-refractivity contribution in [2.75, 3.05) is 0 Å². The van der Waals surface area contributed by atoms with Gasteiger partial charge in [-0.3, -0.25) is 4.79 Å². The van der Waals surface area contributed by atoms with Crippen molar-refractivity contribution >= 4 is 5.91 Å². The Morgan fingerprint density at radius 2 is 1.86 bits per heavy atom. The Hall–Kier alpha value is -1.31. The van der Waals surface area contributed by atoms with E-state index in [9.17, 15) is 4.79 Å². The van der Waals surface area contributed by atoms with E-state index in [1.165, 1.54) is 55.2 Å². The SMILES string of the molecule is CCC(NC(=O)C1CCCC1)c1ccc2c(c1)CCCC2. The van der Waals surface area contributed by atoms with Crippen LogP contribution in [0.25, 0.3) is 0 Å². The van der Waals surface area contributed by atoms with Gasteiger partial charge in [0.15, 0.2) is 0 Å². The van der Waals surface area contributed by atoms with Crippen molar-refractivity contribution in [1.82, 2.24) is 5.32 Å². The molecule has 0 aromatic heterocycles. The first kappa shape index (κ1) is 14.6. The summed E-state index contributed by atoms with van der Waals surface area (Å²) in [5.41, 5.74) is 4.32. The summed E-state index contributed by atoms with van der Waals surface area (Å²) in [6.07, 6.45) is 10.6. The van der Waals surface area contributed by atoms with Gasteiger partial charge in [0.05, 0.1) is 6.04 Å². The van der Waals surface area contributed by atoms with Gasteiger partial charge in [-0.15, -0.1) is 0 Å². The Bertz CT molecular complexity index is 502. The fourth-order valence-electron chi connectivity index (χ4n) is 3.87. The Balaban J connectivity index is 1.71. The molecule has 0 heterocycles. The largest absolute Gasteiger partial charge is 0.349 e. The molecule has 2 aliphatic rings. The lowest BCUT2D eigenvalue weighted by molar-refractivity contribution is -0.125. The van der Waals surface area contributed by atoms with Crippen LogP contribution < -0.4 is 5.32 Å². The van der Waals surface area contributed by atoms with Gasteiger partial charge in [0.2, 0.25) is 5.91 Å². The number of carbonyl (C=O) groups excluding carboxylic acids is 1. The van der Waals surface area contributed by atoms with Crippen LogP contribution >= 0.6 is 0 Å². The molecule has 1 aromatic carbocycles. The van der Waals surface area contributed by atoms with Crippen LogP contribution in [-0.2, 0) is 17.6 Å². The number of carbonyl (C=O) groups is 1. The van der Waals surface area contributed by atoms with E-state index in [0.717, 1.165) is 19.3 Å². The van der Waals surface area contributed by atoms with Gasteiger partial charge < -0.3 is 5.32 Å². The Labute approximate surface area is 128 Å². The molecular weight excluding hydrogens is 258 g/mol. The summed E-state index contributed by atoms with van der Waals surface area (Å²) >= 11 is 0. The predicted molar refractivity (Wildman–Crippen MR) is 86.2 cm³/mol. The molecule has 1 fully saturated rings. The minimum absolute atomic E-state index is 0.185. The van der Waals surface area contributed by atoms with Crippen LogP contribution in [0.5, 0.6) is 0 Å². The number of nitrogens with one attached hydrogen (secondary N) is 1. The van der Waals surface area contributed by atoms with Crippen molar-refractivity contribution in [3.8, 4) is 0 Å². The second-order valence-electron chi connectivity index (χ2n) is 6.69. The zero-order valence-electron chi connectivity index (χ0n) is 13.2. The molecule has 1 atom stereocenters. The van der Waals surface area contributed by atoms with Crippen LogP contribution in [0.4, 0.5) is 0 Å². The molecular formula is C19H27NO. The van der Waals surface area contributed by atoms with Gasteiger partial charge in [0, 0.05) is 5.92 Å². The molecule has 0 radical (unpaired) electrons. The smallest absolute Gasteiger partial charge is 0.223 e. The molecule has 3 rings (SSSR count). The molecule has 1 aromatic rings. The quantitative estimate of drug-likeness (QED) is 0.877. The van der Waals surface area contributed by atoms with Crippen molar-refractivity contribution < 1.29 is 4.79 Å². The maximum Gasteiger partial charge on any atom is 0.223 e. The standard InChI is InChI=1S/C19H27NO/c1-2-18(20-19(21)15-8-4-5-9-15)17-12-11-14-7-3-6-10-16(14)13-17/h11-13,15,18H,2-10H2,1H3,(H,20,21). The fraction of sp³-hybridized carbons (Fsp3) is 0.632. The van der Waals surface area contributed by atoms with Gasteiger partial charge in [-0.25, -0.2) is 0 Å². The summed E-state index contributed by atoms with van der Waals surface area (Å²) < 4.78 is 0. The molecule has 1 amide bonds. The maximum atomic E-state index is 12.4. The van der Waals surface area contributed by atoms with Gasteiger partial charge in [-0.05, 0) is 61.6 Å². The van der Waals surface area contributed by atoms with E-state index in [4.69, 9.17) is 0 Å². The van der Waals surface area contributed by atoms with Gasteiger partial charge in [-0.1, -0.05) is 38.0 Å². The topological polar surface area (TPSA) is 29.1 Å². The highest BCUT2D eigenvalue weighted by Crippen LogP contribution is 2.28. The number of hydrogen-bond acceptors (Lipinski definition) is 1. The van der Waals surface area contributed by atoms with E-state index >= 15 is 0 Å². The number of fused-ring (bicyclic) bond motifs is 1. The van der Waals surface area contributed by atoms with Crippen LogP contribution in [0, 0.1) is 5.92 Å². The summed E-state index contributed by atoms with van der Waals surface area (Å²) in [7, 11) is 0. The Morgan fingerprint density at radius 3 is 2.57 bits per heavy atom. The molecule has 2 aliphatic carbocycles. The van der Waals surface area contributed by atoms with E-state index in [-0.39, 0.29) is 17.9 Å². The molecule has 1 N–H and O–H groups in total. The molecule has 0 aliphatic heterocycles. The minimum atomic E-state index is 0.185. The second kappa shape index (κ2) is 6.64. The van der Waals surface area contributed by atoms with Crippen LogP contribution in [0.1, 0.15) is 74.6 Å². The number of aryl methyl sites for hydroxylation is 2. The molecule has 1 unspecified atom stereocenters. The van der Waals surface area contributed by atoms with Crippen molar-refractivity contribution in [3.05, 3.63) is 34.9 Å². The highest BCUT2D eigenvalue weighted by molar-refractivity contribution is 5.79. The number of benzene rings is 1. The zero-order chi connectivity index (χ0) is 14.7. The van der Waals surface area contributed by atoms with Crippen molar-refractivity contribution in [1.29, 1.82) is 0 Å². The summed E-state index contributed by atoms with van der Waals surface area (Å²) in [5, 5.41) is 3.29. The molecule has 0 spiro atoms. The van der Waals surface area contributed by atoms with Gasteiger partial charge in [0.1, 0.15) is 0 Å². The first-order chi connectivity index (χ1) is 10.3. The molecule has 0 bridgehead atoms. The molecule has 2 heteroatoms. The van der Waals surface area contributed by atoms with Crippen LogP contribution in [0.15, 0.2) is 18.2 Å². The number of amides is 1. The van der Waals surface area contributed by atoms with Crippen molar-refractivity contribution in [2.24, 2.45) is 5.92 Å². The highest BCUT2D eigenvalue weighted by atomic mass is 16.1. The normalized spacial score (nSPS) is 20.0. The molecule has 0 saturated heterocycles. The molecule has 2 nitrogen and oxygen atoms in total. The van der Waals surface area contributed by atoms with E-state index < -0.39 is 0 Å². The predicted octanol–water partition coefficient (Wildman–Crippen LogP) is 4.32. The third-order valence-electron chi connectivity index (χ3n) is 5.23. The van der Waals surface area contributed by atoms with E-state index in [2.05, 4.69) is 30.4 Å². The van der Waals surface area contributed by atoms with Crippen LogP contribution in [0.3, 0.4) is 0 Å². The minimum Gasteiger partial charge on any atom is -0.349 e. The van der Waals surface area contributed by atoms with E-state index in [0.29, 0.717) is 0 Å². The monoisotopic (exact) mass is 285 g/mol. The Morgan fingerprint density at radius 1 is 1.14 bits per heavy atom. The second-order valence-corrected chi connectivity index (χ2v) is 6.69. The van der Waals surface area contributed by atoms with Crippen LogP contribution in [-0.4, -0.2) is 5.91 Å². The summed E-state index contributed by atoms with van der Waals surface area (Å²) in [5.74, 6) is 0.536. The third kappa shape index (κ3) is 3.30. The first-order valence-corrected chi connectivity index (χ1v) is 8.70. The highest BCUT2D eigenvalue weighted by Gasteiger charge is 2.25. The summed E-state index contributed by atoms with van der Waals surface area (Å²) in [6, 6.07) is 7.05. The number of rotatable bonds is 4. The maximum absolute atomic E-state index is 12.4. The molecule has 21 heavy (non-hydrogen) atoms. The fourth-order valence-corrected chi connectivity index (χ4v) is 3.87. The third-order valence-corrected chi connectivity index (χ3v) is 5.23. The van der Waals surface area contributed by atoms with Crippen molar-refractivity contribution in [3.63, 3.8) is 0 Å². The summed E-state index contributed by atoms with van der Waals surface area (Å²) in [4.78, 5) is 12.4. The lowest BCUT2D eigenvalue weighted by Gasteiger charge is -2.23. The lowest BCUT2D eigenvalue weighted by atomic mass is 9.88. The molecule has 114 valence electrons. The zero-order valence-corrected chi connectivity index (χ0v) is 13.2. The number of hydrogen-bond donors (Lipinski definition) is 1. The average Bonchev–Trinajstić information content (AvgIpc) is 3.06. The average molecular weight is 285 g/mol. The van der Waals surface area contributed by atoms with Crippen LogP contribution in [0.2, 0.25) is 0 Å². The molecule has 1 saturated carbocycles. The van der Waals surface area contributed by atoms with Gasteiger partial charge in [-0.2, -0.15) is 0 Å². The van der Waals surface area contributed by atoms with Gasteiger partial charge in [0.25, 0.3) is 0 Å². The van der Waals surface area contributed by atoms with Gasteiger partial charge >= 0.3 is 0 Å². The summed E-state index contributed by atoms with van der Waals surface area (Å²) in [6.45, 7) is 2.17. The lowest BCUT2D eigenvalue weighted by Crippen LogP contribution is -2.32. The Kier molecular flexibility index (Phi) is 4.62. The van der Waals surface area contributed by atoms with Crippen molar-refractivity contribution in [2.45, 2.75) is 70.8 Å². The van der Waals surface area contributed by atoms with E-state index in [1.807, 2.05) is 0 Å². The first-order valence-electron chi connectivity index (χ1n) is 8.70.